The lowest BCUT2D eigenvalue weighted by Gasteiger charge is -2.33. The van der Waals surface area contributed by atoms with Crippen molar-refractivity contribution in [2.75, 3.05) is 19.6 Å². The van der Waals surface area contributed by atoms with Gasteiger partial charge in [0.05, 0.1) is 18.0 Å². The van der Waals surface area contributed by atoms with Gasteiger partial charge in [-0.3, -0.25) is 9.69 Å². The molecule has 0 spiro atoms. The van der Waals surface area contributed by atoms with Crippen molar-refractivity contribution < 1.29 is 18.0 Å². The molecule has 0 aromatic carbocycles. The van der Waals surface area contributed by atoms with Crippen molar-refractivity contribution in [1.82, 2.24) is 10.2 Å². The van der Waals surface area contributed by atoms with E-state index in [1.807, 2.05) is 10.2 Å². The predicted molar refractivity (Wildman–Crippen MR) is 58.4 cm³/mol. The first-order chi connectivity index (χ1) is 8.33. The molecule has 1 aliphatic rings. The average molecular weight is 263 g/mol. The van der Waals surface area contributed by atoms with E-state index in [0.29, 0.717) is 19.5 Å². The number of hydrogen-bond acceptors (Lipinski definition) is 3. The van der Waals surface area contributed by atoms with Crippen molar-refractivity contribution in [2.45, 2.75) is 32.0 Å². The Bertz CT molecular complexity index is 337. The zero-order valence-electron chi connectivity index (χ0n) is 10.1. The first-order valence-corrected chi connectivity index (χ1v) is 5.81. The van der Waals surface area contributed by atoms with Crippen LogP contribution in [0.3, 0.4) is 0 Å². The number of amides is 1. The molecule has 0 aromatic rings. The number of carbonyl (C=O) groups excluding carboxylic acids is 1. The summed E-state index contributed by atoms with van der Waals surface area (Å²) in [5, 5.41) is 10.7. The van der Waals surface area contributed by atoms with E-state index in [1.54, 1.807) is 6.92 Å². The zero-order valence-corrected chi connectivity index (χ0v) is 10.1. The van der Waals surface area contributed by atoms with Crippen LogP contribution in [0.1, 0.15) is 19.8 Å². The van der Waals surface area contributed by atoms with Crippen LogP contribution in [0.15, 0.2) is 0 Å². The molecule has 1 aliphatic heterocycles. The van der Waals surface area contributed by atoms with E-state index >= 15 is 0 Å². The Morgan fingerprint density at radius 3 is 2.83 bits per heavy atom. The number of carbonyl (C=O) groups is 1. The molecule has 1 N–H and O–H groups in total. The molecule has 0 saturated carbocycles. The Hall–Kier alpha value is -1.29. The van der Waals surface area contributed by atoms with Gasteiger partial charge in [-0.25, -0.2) is 0 Å². The maximum absolute atomic E-state index is 12.0. The lowest BCUT2D eigenvalue weighted by atomic mass is 9.96. The molecule has 18 heavy (non-hydrogen) atoms. The number of hydrogen-bond donors (Lipinski definition) is 1. The molecule has 7 heteroatoms. The summed E-state index contributed by atoms with van der Waals surface area (Å²) in [6.07, 6.45) is -3.10. The smallest absolute Gasteiger partial charge is 0.347 e. The van der Waals surface area contributed by atoms with Gasteiger partial charge in [-0.05, 0) is 26.3 Å². The Morgan fingerprint density at radius 1 is 1.61 bits per heavy atom. The maximum atomic E-state index is 12.0. The molecule has 1 rings (SSSR count). The number of nitrogens with zero attached hydrogens (tertiary/aromatic N) is 2. The standard InChI is InChI=1S/C11H16F3N3O/c1-8(5-15)17-4-2-3-9(6-17)10(18)16-7-11(12,13)14/h8-9H,2-4,6-7H2,1H3,(H,16,18)/t8-,9-/m1/s1. The van der Waals surface area contributed by atoms with E-state index in [2.05, 4.69) is 6.07 Å². The Labute approximate surface area is 104 Å². The number of nitrogens with one attached hydrogen (secondary N) is 1. The van der Waals surface area contributed by atoms with Crippen LogP contribution in [0.5, 0.6) is 0 Å². The van der Waals surface area contributed by atoms with Crippen molar-refractivity contribution in [3.05, 3.63) is 0 Å². The van der Waals surface area contributed by atoms with Crippen LogP contribution in [-0.4, -0.2) is 42.7 Å². The third-order valence-electron chi connectivity index (χ3n) is 3.02. The van der Waals surface area contributed by atoms with Crippen LogP contribution in [0.25, 0.3) is 0 Å². The molecule has 0 bridgehead atoms. The van der Waals surface area contributed by atoms with Gasteiger partial charge in [0.15, 0.2) is 0 Å². The average Bonchev–Trinajstić information content (AvgIpc) is 2.34. The minimum atomic E-state index is -4.38. The molecule has 2 atom stereocenters. The summed E-state index contributed by atoms with van der Waals surface area (Å²) < 4.78 is 35.9. The summed E-state index contributed by atoms with van der Waals surface area (Å²) in [4.78, 5) is 13.4. The number of rotatable bonds is 3. The summed E-state index contributed by atoms with van der Waals surface area (Å²) in [6, 6.07) is 1.75. The highest BCUT2D eigenvalue weighted by Gasteiger charge is 2.32. The molecule has 1 fully saturated rings. The van der Waals surface area contributed by atoms with E-state index < -0.39 is 24.5 Å². The number of nitriles is 1. The summed E-state index contributed by atoms with van der Waals surface area (Å²) in [5.74, 6) is -1.04. The van der Waals surface area contributed by atoms with Crippen LogP contribution < -0.4 is 5.32 Å². The monoisotopic (exact) mass is 263 g/mol. The molecule has 0 aliphatic carbocycles. The highest BCUT2D eigenvalue weighted by atomic mass is 19.4. The SMILES string of the molecule is C[C@H](C#N)N1CCC[C@@H](C(=O)NCC(F)(F)F)C1. The van der Waals surface area contributed by atoms with Crippen molar-refractivity contribution in [1.29, 1.82) is 5.26 Å². The molecule has 0 aromatic heterocycles. The van der Waals surface area contributed by atoms with Crippen molar-refractivity contribution in [3.63, 3.8) is 0 Å². The molecule has 1 amide bonds. The highest BCUT2D eigenvalue weighted by molar-refractivity contribution is 5.79. The predicted octanol–water partition coefficient (Wildman–Crippen LogP) is 1.29. The Balaban J connectivity index is 2.46. The van der Waals surface area contributed by atoms with Gasteiger partial charge in [0.1, 0.15) is 6.54 Å². The van der Waals surface area contributed by atoms with Gasteiger partial charge in [-0.15, -0.1) is 0 Å². The fourth-order valence-electron chi connectivity index (χ4n) is 1.99. The van der Waals surface area contributed by atoms with Gasteiger partial charge < -0.3 is 5.32 Å². The Morgan fingerprint density at radius 2 is 2.28 bits per heavy atom. The second-order valence-corrected chi connectivity index (χ2v) is 4.47. The van der Waals surface area contributed by atoms with Crippen LogP contribution >= 0.6 is 0 Å². The summed E-state index contributed by atoms with van der Waals surface area (Å²) >= 11 is 0. The van der Waals surface area contributed by atoms with E-state index in [9.17, 15) is 18.0 Å². The zero-order chi connectivity index (χ0) is 13.8. The maximum Gasteiger partial charge on any atom is 0.405 e. The topological polar surface area (TPSA) is 56.1 Å². The minimum absolute atomic E-state index is 0.316. The number of piperidine rings is 1. The van der Waals surface area contributed by atoms with E-state index in [4.69, 9.17) is 5.26 Å². The quantitative estimate of drug-likeness (QED) is 0.834. The molecule has 1 saturated heterocycles. The van der Waals surface area contributed by atoms with Crippen LogP contribution in [0, 0.1) is 17.2 Å². The lowest BCUT2D eigenvalue weighted by Crippen LogP contribution is -2.47. The number of alkyl halides is 3. The molecular formula is C11H16F3N3O. The fraction of sp³-hybridized carbons (Fsp3) is 0.818. The van der Waals surface area contributed by atoms with Gasteiger partial charge in [-0.1, -0.05) is 0 Å². The number of halogens is 3. The van der Waals surface area contributed by atoms with Gasteiger partial charge >= 0.3 is 6.18 Å². The normalized spacial score (nSPS) is 23.2. The van der Waals surface area contributed by atoms with E-state index in [0.717, 1.165) is 6.42 Å². The largest absolute Gasteiger partial charge is 0.405 e. The van der Waals surface area contributed by atoms with Gasteiger partial charge in [0.2, 0.25) is 5.91 Å². The lowest BCUT2D eigenvalue weighted by molar-refractivity contribution is -0.141. The highest BCUT2D eigenvalue weighted by Crippen LogP contribution is 2.19. The second kappa shape index (κ2) is 6.05. The van der Waals surface area contributed by atoms with Crippen LogP contribution in [0.4, 0.5) is 13.2 Å². The molecular weight excluding hydrogens is 247 g/mol. The minimum Gasteiger partial charge on any atom is -0.347 e. The molecule has 0 radical (unpaired) electrons. The molecule has 102 valence electrons. The molecule has 4 nitrogen and oxygen atoms in total. The summed E-state index contributed by atoms with van der Waals surface area (Å²) in [5.41, 5.74) is 0. The first-order valence-electron chi connectivity index (χ1n) is 5.81. The number of likely N-dealkylation sites (tertiary alicyclic amines) is 1. The van der Waals surface area contributed by atoms with Crippen LogP contribution in [0.2, 0.25) is 0 Å². The Kier molecular flexibility index (Phi) is 4.96. The summed E-state index contributed by atoms with van der Waals surface area (Å²) in [7, 11) is 0. The molecule has 0 unspecified atom stereocenters. The second-order valence-electron chi connectivity index (χ2n) is 4.47. The van der Waals surface area contributed by atoms with Crippen molar-refractivity contribution in [2.24, 2.45) is 5.92 Å². The van der Waals surface area contributed by atoms with Crippen LogP contribution in [-0.2, 0) is 4.79 Å². The van der Waals surface area contributed by atoms with E-state index in [-0.39, 0.29) is 6.04 Å². The third-order valence-corrected chi connectivity index (χ3v) is 3.02. The van der Waals surface area contributed by atoms with Gasteiger partial charge in [-0.2, -0.15) is 18.4 Å². The van der Waals surface area contributed by atoms with Gasteiger partial charge in [0.25, 0.3) is 0 Å². The first kappa shape index (κ1) is 14.8. The van der Waals surface area contributed by atoms with Crippen molar-refractivity contribution >= 4 is 5.91 Å². The molecule has 1 heterocycles. The van der Waals surface area contributed by atoms with Gasteiger partial charge in [0, 0.05) is 6.54 Å². The fourth-order valence-corrected chi connectivity index (χ4v) is 1.99. The summed E-state index contributed by atoms with van der Waals surface area (Å²) in [6.45, 7) is 1.47. The van der Waals surface area contributed by atoms with E-state index in [1.165, 1.54) is 0 Å². The third kappa shape index (κ3) is 4.53. The van der Waals surface area contributed by atoms with Crippen molar-refractivity contribution in [3.8, 4) is 6.07 Å².